The van der Waals surface area contributed by atoms with Gasteiger partial charge in [-0.3, -0.25) is 9.59 Å². The van der Waals surface area contributed by atoms with Crippen LogP contribution < -0.4 is 21.7 Å². The predicted molar refractivity (Wildman–Crippen MR) is 86.2 cm³/mol. The molecule has 0 aromatic rings. The molecule has 8 N–H and O–H groups in total. The molecule has 5 atom stereocenters. The van der Waals surface area contributed by atoms with Crippen LogP contribution in [0.25, 0.3) is 0 Å². The lowest BCUT2D eigenvalue weighted by Gasteiger charge is -2.42. The first-order chi connectivity index (χ1) is 10.6. The lowest BCUT2D eigenvalue weighted by molar-refractivity contribution is -0.158. The summed E-state index contributed by atoms with van der Waals surface area (Å²) in [5.74, 6) is -1.59. The summed E-state index contributed by atoms with van der Waals surface area (Å²) in [6.45, 7) is 3.76. The van der Waals surface area contributed by atoms with Crippen molar-refractivity contribution < 1.29 is 24.9 Å². The second-order valence-corrected chi connectivity index (χ2v) is 6.11. The highest BCUT2D eigenvalue weighted by atomic mass is 32.1. The van der Waals surface area contributed by atoms with E-state index < -0.39 is 41.7 Å². The standard InChI is InChI=1S/C13H24N4O5S/c1-3-15-12(23)17-7-4-13(22,5-8(18)9(7)19)11(21)16-6(2)10(14)20/h6-9,18-19,22H,3-5H2,1-2H3,(H2,14,20)(H,16,21)(H2,15,17,23). The van der Waals surface area contributed by atoms with Crippen LogP contribution in [0.3, 0.4) is 0 Å². The van der Waals surface area contributed by atoms with Gasteiger partial charge in [-0.1, -0.05) is 0 Å². The highest BCUT2D eigenvalue weighted by Gasteiger charge is 2.49. The average Bonchev–Trinajstić information content (AvgIpc) is 2.44. The zero-order valence-electron chi connectivity index (χ0n) is 13.1. The number of hydrogen-bond acceptors (Lipinski definition) is 6. The van der Waals surface area contributed by atoms with Crippen LogP contribution in [0.2, 0.25) is 0 Å². The largest absolute Gasteiger partial charge is 0.390 e. The first-order valence-corrected chi connectivity index (χ1v) is 7.74. The second-order valence-electron chi connectivity index (χ2n) is 5.71. The van der Waals surface area contributed by atoms with E-state index in [1.807, 2.05) is 6.92 Å². The summed E-state index contributed by atoms with van der Waals surface area (Å²) in [6.07, 6.45) is -3.08. The van der Waals surface area contributed by atoms with Crippen molar-refractivity contribution in [3.05, 3.63) is 0 Å². The molecule has 0 aliphatic heterocycles. The summed E-state index contributed by atoms with van der Waals surface area (Å²) in [5, 5.41) is 38.6. The van der Waals surface area contributed by atoms with Gasteiger partial charge in [0.15, 0.2) is 5.11 Å². The average molecular weight is 348 g/mol. The number of aliphatic hydroxyl groups excluding tert-OH is 2. The molecule has 0 aromatic heterocycles. The van der Waals surface area contributed by atoms with Gasteiger partial charge in [-0.25, -0.2) is 0 Å². The van der Waals surface area contributed by atoms with Crippen LogP contribution in [0.15, 0.2) is 0 Å². The minimum Gasteiger partial charge on any atom is -0.390 e. The Kier molecular flexibility index (Phi) is 6.69. The number of primary amides is 1. The summed E-state index contributed by atoms with van der Waals surface area (Å²) in [5.41, 5.74) is 3.11. The van der Waals surface area contributed by atoms with Gasteiger partial charge in [-0.15, -0.1) is 0 Å². The van der Waals surface area contributed by atoms with Crippen molar-refractivity contribution in [3.63, 3.8) is 0 Å². The lowest BCUT2D eigenvalue weighted by atomic mass is 9.77. The Labute approximate surface area is 139 Å². The van der Waals surface area contributed by atoms with Crippen LogP contribution in [0.4, 0.5) is 0 Å². The Hall–Kier alpha value is -1.49. The molecule has 0 heterocycles. The van der Waals surface area contributed by atoms with Crippen molar-refractivity contribution >= 4 is 29.1 Å². The fourth-order valence-electron chi connectivity index (χ4n) is 2.41. The Bertz CT molecular complexity index is 477. The first-order valence-electron chi connectivity index (χ1n) is 7.34. The van der Waals surface area contributed by atoms with E-state index in [1.165, 1.54) is 6.92 Å². The molecule has 1 aliphatic carbocycles. The molecule has 132 valence electrons. The number of carbonyl (C=O) groups excluding carboxylic acids is 2. The minimum atomic E-state index is -1.96. The number of hydrogen-bond donors (Lipinski definition) is 7. The highest BCUT2D eigenvalue weighted by molar-refractivity contribution is 7.80. The molecule has 10 heteroatoms. The quantitative estimate of drug-likeness (QED) is 0.260. The van der Waals surface area contributed by atoms with Gasteiger partial charge >= 0.3 is 0 Å². The monoisotopic (exact) mass is 348 g/mol. The van der Waals surface area contributed by atoms with Gasteiger partial charge in [0.1, 0.15) is 17.7 Å². The van der Waals surface area contributed by atoms with Gasteiger partial charge in [0, 0.05) is 19.4 Å². The summed E-state index contributed by atoms with van der Waals surface area (Å²) in [4.78, 5) is 23.2. The molecule has 23 heavy (non-hydrogen) atoms. The summed E-state index contributed by atoms with van der Waals surface area (Å²) < 4.78 is 0. The van der Waals surface area contributed by atoms with E-state index in [0.29, 0.717) is 6.54 Å². The molecular weight excluding hydrogens is 324 g/mol. The molecule has 0 aromatic carbocycles. The van der Waals surface area contributed by atoms with Crippen molar-refractivity contribution in [1.29, 1.82) is 0 Å². The molecule has 1 fully saturated rings. The molecule has 5 unspecified atom stereocenters. The van der Waals surface area contributed by atoms with Crippen LogP contribution in [-0.4, -0.2) is 68.7 Å². The SMILES string of the molecule is CCNC(=S)NC1CC(O)(C(=O)NC(C)C(N)=O)CC(O)C1O. The van der Waals surface area contributed by atoms with Gasteiger partial charge in [0.2, 0.25) is 5.91 Å². The van der Waals surface area contributed by atoms with Crippen LogP contribution >= 0.6 is 12.2 Å². The summed E-state index contributed by atoms with van der Waals surface area (Å²) >= 11 is 5.01. The van der Waals surface area contributed by atoms with Gasteiger partial charge in [0.05, 0.1) is 12.1 Å². The normalized spacial score (nSPS) is 31.8. The first kappa shape index (κ1) is 19.6. The zero-order chi connectivity index (χ0) is 17.8. The van der Waals surface area contributed by atoms with E-state index in [-0.39, 0.29) is 18.0 Å². The van der Waals surface area contributed by atoms with Crippen LogP contribution in [0.1, 0.15) is 26.7 Å². The topological polar surface area (TPSA) is 157 Å². The Morgan fingerprint density at radius 2 is 2.00 bits per heavy atom. The Balaban J connectivity index is 2.83. The number of nitrogens with one attached hydrogen (secondary N) is 3. The molecular formula is C13H24N4O5S. The van der Waals surface area contributed by atoms with Gasteiger partial charge < -0.3 is 37.0 Å². The molecule has 0 spiro atoms. The van der Waals surface area contributed by atoms with Gasteiger partial charge in [0.25, 0.3) is 5.91 Å². The van der Waals surface area contributed by atoms with Crippen molar-refractivity contribution in [2.24, 2.45) is 5.73 Å². The number of aliphatic hydroxyl groups is 3. The third-order valence-electron chi connectivity index (χ3n) is 3.76. The number of nitrogens with two attached hydrogens (primary N) is 1. The van der Waals surface area contributed by atoms with E-state index in [0.717, 1.165) is 0 Å². The molecule has 0 bridgehead atoms. The number of thiocarbonyl (C=S) groups is 1. The highest BCUT2D eigenvalue weighted by Crippen LogP contribution is 2.29. The van der Waals surface area contributed by atoms with Crippen molar-refractivity contribution in [3.8, 4) is 0 Å². The maximum Gasteiger partial charge on any atom is 0.252 e. The third-order valence-corrected chi connectivity index (χ3v) is 4.02. The van der Waals surface area contributed by atoms with Gasteiger partial charge in [-0.2, -0.15) is 0 Å². The van der Waals surface area contributed by atoms with Crippen LogP contribution in [0, 0.1) is 0 Å². The second kappa shape index (κ2) is 7.86. The molecule has 1 aliphatic rings. The van der Waals surface area contributed by atoms with E-state index >= 15 is 0 Å². The minimum absolute atomic E-state index is 0.186. The zero-order valence-corrected chi connectivity index (χ0v) is 13.9. The molecule has 2 amide bonds. The molecule has 0 saturated heterocycles. The van der Waals surface area contributed by atoms with Gasteiger partial charge in [-0.05, 0) is 26.1 Å². The van der Waals surface area contributed by atoms with Crippen molar-refractivity contribution in [1.82, 2.24) is 16.0 Å². The van der Waals surface area contributed by atoms with E-state index in [9.17, 15) is 24.9 Å². The van der Waals surface area contributed by atoms with E-state index in [2.05, 4.69) is 16.0 Å². The number of carbonyl (C=O) groups is 2. The van der Waals surface area contributed by atoms with Crippen molar-refractivity contribution in [2.75, 3.05) is 6.54 Å². The summed E-state index contributed by atoms with van der Waals surface area (Å²) in [7, 11) is 0. The van der Waals surface area contributed by atoms with E-state index in [1.54, 1.807) is 0 Å². The fourth-order valence-corrected chi connectivity index (χ4v) is 2.70. The molecule has 9 nitrogen and oxygen atoms in total. The maximum atomic E-state index is 12.2. The number of amides is 2. The fraction of sp³-hybridized carbons (Fsp3) is 0.769. The lowest BCUT2D eigenvalue weighted by Crippen LogP contribution is -2.64. The van der Waals surface area contributed by atoms with Crippen LogP contribution in [0.5, 0.6) is 0 Å². The Morgan fingerprint density at radius 1 is 1.39 bits per heavy atom. The predicted octanol–water partition coefficient (Wildman–Crippen LogP) is -2.92. The van der Waals surface area contributed by atoms with E-state index in [4.69, 9.17) is 18.0 Å². The van der Waals surface area contributed by atoms with Crippen molar-refractivity contribution in [2.45, 2.75) is 56.6 Å². The number of rotatable bonds is 5. The third kappa shape index (κ3) is 4.99. The molecule has 1 saturated carbocycles. The van der Waals surface area contributed by atoms with Crippen LogP contribution in [-0.2, 0) is 9.59 Å². The molecule has 0 radical (unpaired) electrons. The maximum absolute atomic E-state index is 12.2. The molecule has 1 rings (SSSR count). The Morgan fingerprint density at radius 3 is 2.52 bits per heavy atom. The smallest absolute Gasteiger partial charge is 0.252 e. The summed E-state index contributed by atoms with van der Waals surface area (Å²) in [6, 6.07) is -1.80.